The number of fused-ring (bicyclic) bond motifs is 1. The van der Waals surface area contributed by atoms with Crippen LogP contribution in [0.2, 0.25) is 0 Å². The molecule has 3 rings (SSSR count). The standard InChI is InChI=1S/C13H16N2S/c1-10-3-2-5-15-8-12(14-13(10)15)7-11-4-6-16-9-11/h2-3,5,8,11H,4,6-7,9H2,1H3. The maximum absolute atomic E-state index is 4.73. The van der Waals surface area contributed by atoms with Crippen LogP contribution in [0.1, 0.15) is 17.7 Å². The van der Waals surface area contributed by atoms with Gasteiger partial charge >= 0.3 is 0 Å². The number of pyridine rings is 1. The average molecular weight is 232 g/mol. The lowest BCUT2D eigenvalue weighted by molar-refractivity contribution is 0.589. The van der Waals surface area contributed by atoms with Crippen molar-refractivity contribution < 1.29 is 0 Å². The van der Waals surface area contributed by atoms with Gasteiger partial charge in [0.15, 0.2) is 0 Å². The van der Waals surface area contributed by atoms with E-state index in [1.807, 2.05) is 0 Å². The normalized spacial score (nSPS) is 20.7. The molecule has 1 aliphatic rings. The molecule has 1 saturated heterocycles. The van der Waals surface area contributed by atoms with Crippen LogP contribution < -0.4 is 0 Å². The maximum Gasteiger partial charge on any atom is 0.139 e. The Morgan fingerprint density at radius 2 is 2.50 bits per heavy atom. The van der Waals surface area contributed by atoms with Crippen LogP contribution in [0, 0.1) is 12.8 Å². The topological polar surface area (TPSA) is 17.3 Å². The van der Waals surface area contributed by atoms with E-state index in [4.69, 9.17) is 4.98 Å². The summed E-state index contributed by atoms with van der Waals surface area (Å²) in [6.07, 6.45) is 6.78. The molecule has 0 aliphatic carbocycles. The van der Waals surface area contributed by atoms with E-state index in [1.54, 1.807) is 0 Å². The molecule has 3 heterocycles. The van der Waals surface area contributed by atoms with Gasteiger partial charge in [-0.25, -0.2) is 4.98 Å². The Hall–Kier alpha value is -0.960. The summed E-state index contributed by atoms with van der Waals surface area (Å²) in [7, 11) is 0. The van der Waals surface area contributed by atoms with Crippen molar-refractivity contribution in [3.8, 4) is 0 Å². The van der Waals surface area contributed by atoms with Crippen LogP contribution in [0.3, 0.4) is 0 Å². The van der Waals surface area contributed by atoms with Crippen LogP contribution in [-0.2, 0) is 6.42 Å². The van der Waals surface area contributed by atoms with Crippen LogP contribution in [-0.4, -0.2) is 20.9 Å². The van der Waals surface area contributed by atoms with Gasteiger partial charge in [0.1, 0.15) is 5.65 Å². The van der Waals surface area contributed by atoms with Crippen molar-refractivity contribution in [2.45, 2.75) is 19.8 Å². The second-order valence-corrected chi connectivity index (χ2v) is 5.74. The first-order valence-corrected chi connectivity index (χ1v) is 6.99. The van der Waals surface area contributed by atoms with Crippen molar-refractivity contribution in [3.05, 3.63) is 35.8 Å². The molecule has 1 atom stereocenters. The molecule has 1 aliphatic heterocycles. The highest BCUT2D eigenvalue weighted by atomic mass is 32.2. The second-order valence-electron chi connectivity index (χ2n) is 4.59. The fourth-order valence-corrected chi connectivity index (χ4v) is 3.63. The van der Waals surface area contributed by atoms with Crippen molar-refractivity contribution in [2.75, 3.05) is 11.5 Å². The Bertz CT molecular complexity index is 498. The van der Waals surface area contributed by atoms with Crippen molar-refractivity contribution in [1.29, 1.82) is 0 Å². The number of rotatable bonds is 2. The fourth-order valence-electron chi connectivity index (χ4n) is 2.34. The van der Waals surface area contributed by atoms with Crippen molar-refractivity contribution in [1.82, 2.24) is 9.38 Å². The summed E-state index contributed by atoms with van der Waals surface area (Å²) in [5.74, 6) is 3.49. The quantitative estimate of drug-likeness (QED) is 0.792. The van der Waals surface area contributed by atoms with Gasteiger partial charge in [-0.15, -0.1) is 0 Å². The largest absolute Gasteiger partial charge is 0.307 e. The number of aromatic nitrogens is 2. The molecule has 0 aromatic carbocycles. The average Bonchev–Trinajstić information content (AvgIpc) is 2.88. The van der Waals surface area contributed by atoms with E-state index in [0.717, 1.165) is 18.0 Å². The van der Waals surface area contributed by atoms with Gasteiger partial charge in [-0.05, 0) is 48.8 Å². The Balaban J connectivity index is 1.90. The molecule has 0 saturated carbocycles. The van der Waals surface area contributed by atoms with Gasteiger partial charge in [0.25, 0.3) is 0 Å². The number of hydrogen-bond donors (Lipinski definition) is 0. The van der Waals surface area contributed by atoms with Crippen LogP contribution in [0.15, 0.2) is 24.5 Å². The number of thioether (sulfide) groups is 1. The maximum atomic E-state index is 4.73. The highest BCUT2D eigenvalue weighted by molar-refractivity contribution is 7.99. The molecular weight excluding hydrogens is 216 g/mol. The van der Waals surface area contributed by atoms with Crippen LogP contribution in [0.25, 0.3) is 5.65 Å². The van der Waals surface area contributed by atoms with Crippen LogP contribution in [0.5, 0.6) is 0 Å². The van der Waals surface area contributed by atoms with E-state index in [-0.39, 0.29) is 0 Å². The number of imidazole rings is 1. The zero-order chi connectivity index (χ0) is 11.0. The van der Waals surface area contributed by atoms with Gasteiger partial charge in [-0.1, -0.05) is 6.07 Å². The summed E-state index contributed by atoms with van der Waals surface area (Å²) in [4.78, 5) is 4.73. The highest BCUT2D eigenvalue weighted by Gasteiger charge is 2.17. The molecule has 16 heavy (non-hydrogen) atoms. The zero-order valence-corrected chi connectivity index (χ0v) is 10.3. The summed E-state index contributed by atoms with van der Waals surface area (Å²) in [6, 6.07) is 4.21. The first-order valence-electron chi connectivity index (χ1n) is 5.84. The van der Waals surface area contributed by atoms with E-state index >= 15 is 0 Å². The second kappa shape index (κ2) is 4.13. The van der Waals surface area contributed by atoms with Gasteiger partial charge in [0, 0.05) is 12.4 Å². The Morgan fingerprint density at radius 1 is 1.56 bits per heavy atom. The lowest BCUT2D eigenvalue weighted by Gasteiger charge is -2.03. The number of hydrogen-bond acceptors (Lipinski definition) is 2. The third-order valence-corrected chi connectivity index (χ3v) is 4.48. The molecule has 0 radical (unpaired) electrons. The molecule has 0 spiro atoms. The Labute approximate surface area is 100 Å². The molecule has 1 fully saturated rings. The molecule has 3 heteroatoms. The van der Waals surface area contributed by atoms with Gasteiger partial charge in [0.05, 0.1) is 5.69 Å². The zero-order valence-electron chi connectivity index (χ0n) is 9.52. The summed E-state index contributed by atoms with van der Waals surface area (Å²) in [6.45, 7) is 2.12. The van der Waals surface area contributed by atoms with Crippen LogP contribution >= 0.6 is 11.8 Å². The molecule has 1 unspecified atom stereocenters. The summed E-state index contributed by atoms with van der Waals surface area (Å²) in [5.41, 5.74) is 3.62. The fraction of sp³-hybridized carbons (Fsp3) is 0.462. The molecule has 0 N–H and O–H groups in total. The number of nitrogens with zero attached hydrogens (tertiary/aromatic N) is 2. The molecule has 2 aromatic rings. The van der Waals surface area contributed by atoms with Crippen molar-refractivity contribution in [2.24, 2.45) is 5.92 Å². The highest BCUT2D eigenvalue weighted by Crippen LogP contribution is 2.26. The third kappa shape index (κ3) is 1.84. The van der Waals surface area contributed by atoms with Gasteiger partial charge in [-0.3, -0.25) is 0 Å². The SMILES string of the molecule is Cc1cccn2cc(CC3CCSC3)nc12. The van der Waals surface area contributed by atoms with Crippen LogP contribution in [0.4, 0.5) is 0 Å². The van der Waals surface area contributed by atoms with Gasteiger partial charge in [-0.2, -0.15) is 11.8 Å². The van der Waals surface area contributed by atoms with Gasteiger partial charge < -0.3 is 4.40 Å². The van der Waals surface area contributed by atoms with E-state index in [0.29, 0.717) is 0 Å². The molecule has 0 bridgehead atoms. The smallest absolute Gasteiger partial charge is 0.139 e. The molecule has 2 aromatic heterocycles. The van der Waals surface area contributed by atoms with Gasteiger partial charge in [0.2, 0.25) is 0 Å². The monoisotopic (exact) mass is 232 g/mol. The minimum atomic E-state index is 0.843. The summed E-state index contributed by atoms with van der Waals surface area (Å²) < 4.78 is 2.15. The Kier molecular flexibility index (Phi) is 2.64. The first-order chi connectivity index (χ1) is 7.83. The molecular formula is C13H16N2S. The predicted octanol–water partition coefficient (Wildman–Crippen LogP) is 2.94. The van der Waals surface area contributed by atoms with Crippen molar-refractivity contribution >= 4 is 17.4 Å². The predicted molar refractivity (Wildman–Crippen MR) is 69.1 cm³/mol. The minimum Gasteiger partial charge on any atom is -0.307 e. The van der Waals surface area contributed by atoms with E-state index in [1.165, 1.54) is 29.2 Å². The van der Waals surface area contributed by atoms with Crippen molar-refractivity contribution in [3.63, 3.8) is 0 Å². The number of aryl methyl sites for hydroxylation is 1. The Morgan fingerprint density at radius 3 is 3.25 bits per heavy atom. The third-order valence-electron chi connectivity index (χ3n) is 3.25. The van der Waals surface area contributed by atoms with E-state index in [9.17, 15) is 0 Å². The van der Waals surface area contributed by atoms with E-state index in [2.05, 4.69) is 47.6 Å². The summed E-state index contributed by atoms with van der Waals surface area (Å²) in [5, 5.41) is 0. The summed E-state index contributed by atoms with van der Waals surface area (Å²) >= 11 is 2.08. The molecule has 0 amide bonds. The lowest BCUT2D eigenvalue weighted by Crippen LogP contribution is -2.02. The minimum absolute atomic E-state index is 0.843. The molecule has 2 nitrogen and oxygen atoms in total. The molecule has 84 valence electrons. The lowest BCUT2D eigenvalue weighted by atomic mass is 10.0. The van der Waals surface area contributed by atoms with E-state index < -0.39 is 0 Å². The first kappa shape index (κ1) is 10.2.